The molecule has 0 radical (unpaired) electrons. The first-order chi connectivity index (χ1) is 9.15. The molecule has 0 amide bonds. The second-order valence-corrected chi connectivity index (χ2v) is 6.66. The van der Waals surface area contributed by atoms with Crippen LogP contribution < -0.4 is 5.32 Å². The van der Waals surface area contributed by atoms with Crippen molar-refractivity contribution in [2.24, 2.45) is 5.41 Å². The van der Waals surface area contributed by atoms with Crippen LogP contribution in [0.1, 0.15) is 25.7 Å². The zero-order valence-corrected chi connectivity index (χ0v) is 13.0. The van der Waals surface area contributed by atoms with E-state index < -0.39 is 0 Å². The predicted molar refractivity (Wildman–Crippen MR) is 79.6 cm³/mol. The highest BCUT2D eigenvalue weighted by molar-refractivity contribution is 4.88. The van der Waals surface area contributed by atoms with Crippen molar-refractivity contribution in [3.05, 3.63) is 0 Å². The highest BCUT2D eigenvalue weighted by Gasteiger charge is 2.34. The van der Waals surface area contributed by atoms with Gasteiger partial charge in [0.1, 0.15) is 0 Å². The van der Waals surface area contributed by atoms with Crippen LogP contribution in [0, 0.1) is 5.41 Å². The monoisotopic (exact) mass is 269 g/mol. The lowest BCUT2D eigenvalue weighted by atomic mass is 9.81. The Labute approximate surface area is 118 Å². The molecule has 0 saturated carbocycles. The van der Waals surface area contributed by atoms with Crippen LogP contribution in [0.5, 0.6) is 0 Å². The number of hydrogen-bond donors (Lipinski definition) is 1. The van der Waals surface area contributed by atoms with Crippen molar-refractivity contribution in [1.82, 2.24) is 15.1 Å². The Morgan fingerprint density at radius 2 is 2.26 bits per heavy atom. The molecule has 2 rings (SSSR count). The van der Waals surface area contributed by atoms with Crippen LogP contribution in [0.4, 0.5) is 0 Å². The maximum atomic E-state index is 5.75. The third-order valence-electron chi connectivity index (χ3n) is 4.76. The summed E-state index contributed by atoms with van der Waals surface area (Å²) in [6, 6.07) is 0.751. The molecule has 0 aromatic carbocycles. The Bertz CT molecular complexity index is 261. The van der Waals surface area contributed by atoms with Crippen LogP contribution in [0.25, 0.3) is 0 Å². The molecular weight excluding hydrogens is 238 g/mol. The van der Waals surface area contributed by atoms with Crippen LogP contribution in [-0.4, -0.2) is 76.4 Å². The number of ether oxygens (including phenoxy) is 1. The number of rotatable bonds is 6. The van der Waals surface area contributed by atoms with Gasteiger partial charge in [-0.15, -0.1) is 0 Å². The molecule has 2 heterocycles. The van der Waals surface area contributed by atoms with E-state index in [0.29, 0.717) is 5.41 Å². The summed E-state index contributed by atoms with van der Waals surface area (Å²) in [5.74, 6) is 0. The molecule has 0 aromatic rings. The first-order valence-corrected chi connectivity index (χ1v) is 7.76. The molecule has 0 aliphatic carbocycles. The summed E-state index contributed by atoms with van der Waals surface area (Å²) in [4.78, 5) is 5.04. The lowest BCUT2D eigenvalue weighted by molar-refractivity contribution is -0.0237. The molecular formula is C15H31N3O. The quantitative estimate of drug-likeness (QED) is 0.779. The molecule has 112 valence electrons. The zero-order valence-electron chi connectivity index (χ0n) is 13.0. The van der Waals surface area contributed by atoms with Gasteiger partial charge < -0.3 is 19.9 Å². The molecule has 2 unspecified atom stereocenters. The summed E-state index contributed by atoms with van der Waals surface area (Å²) in [7, 11) is 6.60. The number of nitrogens with one attached hydrogen (secondary N) is 1. The Hall–Kier alpha value is -0.160. The third-order valence-corrected chi connectivity index (χ3v) is 4.76. The van der Waals surface area contributed by atoms with Crippen LogP contribution in [-0.2, 0) is 4.74 Å². The van der Waals surface area contributed by atoms with Gasteiger partial charge in [-0.25, -0.2) is 0 Å². The van der Waals surface area contributed by atoms with E-state index in [4.69, 9.17) is 4.74 Å². The first kappa shape index (κ1) is 15.2. The molecule has 4 nitrogen and oxygen atoms in total. The number of nitrogens with zero attached hydrogens (tertiary/aromatic N) is 2. The Morgan fingerprint density at radius 1 is 1.42 bits per heavy atom. The fraction of sp³-hybridized carbons (Fsp3) is 1.00. The minimum Gasteiger partial charge on any atom is -0.381 e. The maximum absolute atomic E-state index is 5.75. The molecule has 19 heavy (non-hydrogen) atoms. The van der Waals surface area contributed by atoms with Gasteiger partial charge in [-0.05, 0) is 53.4 Å². The largest absolute Gasteiger partial charge is 0.381 e. The molecule has 2 aliphatic rings. The normalized spacial score (nSPS) is 33.2. The van der Waals surface area contributed by atoms with Gasteiger partial charge in [0, 0.05) is 37.7 Å². The summed E-state index contributed by atoms with van der Waals surface area (Å²) in [5.41, 5.74) is 0.318. The van der Waals surface area contributed by atoms with Crippen molar-refractivity contribution < 1.29 is 4.74 Å². The minimum absolute atomic E-state index is 0.318. The van der Waals surface area contributed by atoms with Crippen LogP contribution in [0.2, 0.25) is 0 Å². The Kier molecular flexibility index (Phi) is 5.63. The highest BCUT2D eigenvalue weighted by atomic mass is 16.5. The van der Waals surface area contributed by atoms with E-state index in [2.05, 4.69) is 36.3 Å². The second kappa shape index (κ2) is 7.02. The third kappa shape index (κ3) is 4.15. The van der Waals surface area contributed by atoms with Crippen molar-refractivity contribution in [2.45, 2.75) is 31.7 Å². The Morgan fingerprint density at radius 3 is 2.84 bits per heavy atom. The van der Waals surface area contributed by atoms with E-state index in [1.165, 1.54) is 38.8 Å². The number of hydrogen-bond acceptors (Lipinski definition) is 4. The van der Waals surface area contributed by atoms with Gasteiger partial charge in [-0.3, -0.25) is 0 Å². The molecule has 2 atom stereocenters. The van der Waals surface area contributed by atoms with Gasteiger partial charge in [-0.2, -0.15) is 0 Å². The van der Waals surface area contributed by atoms with E-state index in [0.717, 1.165) is 32.3 Å². The van der Waals surface area contributed by atoms with E-state index in [1.807, 2.05) is 0 Å². The molecule has 0 aromatic heterocycles. The average Bonchev–Trinajstić information content (AvgIpc) is 2.76. The summed E-state index contributed by atoms with van der Waals surface area (Å²) in [6.45, 7) is 6.54. The van der Waals surface area contributed by atoms with E-state index in [-0.39, 0.29) is 0 Å². The van der Waals surface area contributed by atoms with E-state index in [1.54, 1.807) is 0 Å². The average molecular weight is 269 g/mol. The lowest BCUT2D eigenvalue weighted by Gasteiger charge is -2.40. The molecule has 0 spiro atoms. The summed E-state index contributed by atoms with van der Waals surface area (Å²) in [6.07, 6.45) is 5.22. The lowest BCUT2D eigenvalue weighted by Crippen LogP contribution is -2.49. The number of likely N-dealkylation sites (N-methyl/N-ethyl adjacent to an activating group) is 2. The van der Waals surface area contributed by atoms with E-state index in [9.17, 15) is 0 Å². The summed E-state index contributed by atoms with van der Waals surface area (Å²) >= 11 is 0. The maximum Gasteiger partial charge on any atom is 0.0546 e. The van der Waals surface area contributed by atoms with Gasteiger partial charge in [0.15, 0.2) is 0 Å². The van der Waals surface area contributed by atoms with Crippen molar-refractivity contribution >= 4 is 0 Å². The van der Waals surface area contributed by atoms with Gasteiger partial charge in [0.05, 0.1) is 6.61 Å². The van der Waals surface area contributed by atoms with Gasteiger partial charge in [0.25, 0.3) is 0 Å². The minimum atomic E-state index is 0.318. The molecule has 0 bridgehead atoms. The summed E-state index contributed by atoms with van der Waals surface area (Å²) in [5, 5.41) is 3.37. The molecule has 2 saturated heterocycles. The topological polar surface area (TPSA) is 27.7 Å². The van der Waals surface area contributed by atoms with Crippen LogP contribution in [0.15, 0.2) is 0 Å². The fourth-order valence-electron chi connectivity index (χ4n) is 3.81. The molecule has 1 N–H and O–H groups in total. The predicted octanol–water partition coefficient (Wildman–Crippen LogP) is 1.03. The van der Waals surface area contributed by atoms with Gasteiger partial charge >= 0.3 is 0 Å². The van der Waals surface area contributed by atoms with Crippen molar-refractivity contribution in [3.8, 4) is 0 Å². The Balaban J connectivity index is 1.85. The van der Waals surface area contributed by atoms with Crippen LogP contribution >= 0.6 is 0 Å². The zero-order chi connectivity index (χ0) is 13.7. The van der Waals surface area contributed by atoms with Gasteiger partial charge in [0.2, 0.25) is 0 Å². The first-order valence-electron chi connectivity index (χ1n) is 7.76. The van der Waals surface area contributed by atoms with Crippen molar-refractivity contribution in [2.75, 3.05) is 60.5 Å². The SMILES string of the molecule is CNCC1(CN(C)CC2CCCN2C)CCCOC1. The van der Waals surface area contributed by atoms with Crippen LogP contribution in [0.3, 0.4) is 0 Å². The van der Waals surface area contributed by atoms with Crippen molar-refractivity contribution in [1.29, 1.82) is 0 Å². The molecule has 2 aliphatic heterocycles. The highest BCUT2D eigenvalue weighted by Crippen LogP contribution is 2.29. The fourth-order valence-corrected chi connectivity index (χ4v) is 3.81. The summed E-state index contributed by atoms with van der Waals surface area (Å²) < 4.78 is 5.75. The van der Waals surface area contributed by atoms with E-state index >= 15 is 0 Å². The molecule has 2 fully saturated rings. The van der Waals surface area contributed by atoms with Crippen molar-refractivity contribution in [3.63, 3.8) is 0 Å². The second-order valence-electron chi connectivity index (χ2n) is 6.66. The number of likely N-dealkylation sites (tertiary alicyclic amines) is 1. The smallest absolute Gasteiger partial charge is 0.0546 e. The standard InChI is InChI=1S/C15H31N3O/c1-16-11-15(7-5-9-19-13-15)12-17(2)10-14-6-4-8-18(14)3/h14,16H,4-13H2,1-3H3. The molecule has 4 heteroatoms. The van der Waals surface area contributed by atoms with Gasteiger partial charge in [-0.1, -0.05) is 0 Å².